The SMILES string of the molecule is CCC(Oc1cc2ncnc(Nc3ccc(F)c(Cl)c3)c2cc1OC)N1CC(=O)OC(C)(C)C1. The summed E-state index contributed by atoms with van der Waals surface area (Å²) in [5, 5.41) is 3.83. The molecule has 2 aromatic carbocycles. The lowest BCUT2D eigenvalue weighted by molar-refractivity contribution is -0.177. The molecule has 1 saturated heterocycles. The summed E-state index contributed by atoms with van der Waals surface area (Å²) in [6.45, 7) is 6.43. The fourth-order valence-corrected chi connectivity index (χ4v) is 4.16. The third kappa shape index (κ3) is 5.15. The Morgan fingerprint density at radius 3 is 2.74 bits per heavy atom. The highest BCUT2D eigenvalue weighted by atomic mass is 35.5. The van der Waals surface area contributed by atoms with Crippen LogP contribution >= 0.6 is 11.6 Å². The van der Waals surface area contributed by atoms with Crippen molar-refractivity contribution in [1.29, 1.82) is 0 Å². The highest BCUT2D eigenvalue weighted by molar-refractivity contribution is 6.31. The first-order chi connectivity index (χ1) is 16.2. The van der Waals surface area contributed by atoms with Crippen molar-refractivity contribution in [2.24, 2.45) is 0 Å². The molecule has 1 aliphatic rings. The Balaban J connectivity index is 1.65. The molecule has 2 heterocycles. The van der Waals surface area contributed by atoms with Crippen LogP contribution in [-0.2, 0) is 9.53 Å². The number of methoxy groups -OCH3 is 1. The van der Waals surface area contributed by atoms with Crippen molar-refractivity contribution < 1.29 is 23.4 Å². The molecule has 0 bridgehead atoms. The zero-order chi connectivity index (χ0) is 24.5. The number of fused-ring (bicyclic) bond motifs is 1. The number of halogens is 2. The van der Waals surface area contributed by atoms with Gasteiger partial charge in [0.2, 0.25) is 0 Å². The molecule has 1 fully saturated rings. The fourth-order valence-electron chi connectivity index (χ4n) is 3.98. The van der Waals surface area contributed by atoms with Crippen LogP contribution < -0.4 is 14.8 Å². The van der Waals surface area contributed by atoms with E-state index in [0.717, 1.165) is 0 Å². The number of nitrogens with one attached hydrogen (secondary N) is 1. The average Bonchev–Trinajstić information content (AvgIpc) is 2.78. The minimum absolute atomic E-state index is 0.00649. The second-order valence-corrected chi connectivity index (χ2v) is 9.02. The smallest absolute Gasteiger partial charge is 0.320 e. The molecule has 3 aromatic rings. The number of carbonyl (C=O) groups excluding carboxylic acids is 1. The van der Waals surface area contributed by atoms with E-state index in [0.29, 0.717) is 46.9 Å². The first kappa shape index (κ1) is 24.0. The molecule has 0 aliphatic carbocycles. The van der Waals surface area contributed by atoms with E-state index in [-0.39, 0.29) is 23.8 Å². The standard InChI is InChI=1S/C24H26ClFN4O4/c1-5-21(30-11-22(31)34-24(2,3)12-30)33-20-10-18-15(9-19(20)32-4)23(28-13-27-18)29-14-6-7-17(26)16(25)8-14/h6-10,13,21H,5,11-12H2,1-4H3,(H,27,28,29). The molecule has 1 unspecified atom stereocenters. The van der Waals surface area contributed by atoms with E-state index in [1.54, 1.807) is 25.3 Å². The van der Waals surface area contributed by atoms with Gasteiger partial charge in [-0.05, 0) is 44.5 Å². The van der Waals surface area contributed by atoms with Crippen LogP contribution in [0.5, 0.6) is 11.5 Å². The Kier molecular flexibility index (Phi) is 6.77. The van der Waals surface area contributed by atoms with E-state index >= 15 is 0 Å². The van der Waals surface area contributed by atoms with Crippen LogP contribution in [0.1, 0.15) is 27.2 Å². The molecule has 4 rings (SSSR count). The number of morpholine rings is 1. The number of hydrogen-bond donors (Lipinski definition) is 1. The van der Waals surface area contributed by atoms with Crippen LogP contribution in [0.2, 0.25) is 5.02 Å². The fraction of sp³-hybridized carbons (Fsp3) is 0.375. The molecule has 34 heavy (non-hydrogen) atoms. The van der Waals surface area contributed by atoms with E-state index < -0.39 is 11.4 Å². The monoisotopic (exact) mass is 488 g/mol. The predicted molar refractivity (Wildman–Crippen MR) is 127 cm³/mol. The number of hydrogen-bond acceptors (Lipinski definition) is 8. The summed E-state index contributed by atoms with van der Waals surface area (Å²) in [6, 6.07) is 7.88. The molecule has 180 valence electrons. The quantitative estimate of drug-likeness (QED) is 0.469. The predicted octanol–water partition coefficient (Wildman–Crippen LogP) is 4.93. The topological polar surface area (TPSA) is 85.8 Å². The molecule has 1 atom stereocenters. The lowest BCUT2D eigenvalue weighted by Crippen LogP contribution is -2.55. The number of rotatable bonds is 7. The maximum absolute atomic E-state index is 13.5. The summed E-state index contributed by atoms with van der Waals surface area (Å²) >= 11 is 5.90. The second kappa shape index (κ2) is 9.60. The van der Waals surface area contributed by atoms with Crippen LogP contribution in [-0.4, -0.2) is 52.9 Å². The molecular formula is C24H26ClFN4O4. The summed E-state index contributed by atoms with van der Waals surface area (Å²) in [5.74, 6) is 0.699. The van der Waals surface area contributed by atoms with E-state index in [1.807, 2.05) is 25.7 Å². The lowest BCUT2D eigenvalue weighted by Gasteiger charge is -2.40. The van der Waals surface area contributed by atoms with Crippen molar-refractivity contribution in [3.8, 4) is 11.5 Å². The molecular weight excluding hydrogens is 463 g/mol. The van der Waals surface area contributed by atoms with Crippen molar-refractivity contribution in [2.75, 3.05) is 25.5 Å². The number of esters is 1. The minimum atomic E-state index is -0.601. The van der Waals surface area contributed by atoms with Crippen molar-refractivity contribution in [3.63, 3.8) is 0 Å². The van der Waals surface area contributed by atoms with Gasteiger partial charge in [0.25, 0.3) is 0 Å². The van der Waals surface area contributed by atoms with Gasteiger partial charge in [-0.3, -0.25) is 9.69 Å². The summed E-state index contributed by atoms with van der Waals surface area (Å²) < 4.78 is 30.8. The normalized spacial score (nSPS) is 16.7. The largest absolute Gasteiger partial charge is 0.493 e. The number of cyclic esters (lactones) is 1. The third-order valence-electron chi connectivity index (χ3n) is 5.43. The Morgan fingerprint density at radius 2 is 2.06 bits per heavy atom. The Bertz CT molecular complexity index is 1220. The van der Waals surface area contributed by atoms with Gasteiger partial charge >= 0.3 is 5.97 Å². The third-order valence-corrected chi connectivity index (χ3v) is 5.72. The van der Waals surface area contributed by atoms with Crippen molar-refractivity contribution in [1.82, 2.24) is 14.9 Å². The molecule has 10 heteroatoms. The maximum atomic E-state index is 13.5. The van der Waals surface area contributed by atoms with Crippen LogP contribution in [0.4, 0.5) is 15.9 Å². The molecule has 1 aliphatic heterocycles. The number of benzene rings is 2. The van der Waals surface area contributed by atoms with Gasteiger partial charge in [-0.1, -0.05) is 18.5 Å². The van der Waals surface area contributed by atoms with Gasteiger partial charge in [0.15, 0.2) is 17.7 Å². The number of nitrogens with zero attached hydrogens (tertiary/aromatic N) is 3. The zero-order valence-electron chi connectivity index (χ0n) is 19.4. The molecule has 8 nitrogen and oxygen atoms in total. The minimum Gasteiger partial charge on any atom is -0.493 e. The van der Waals surface area contributed by atoms with Crippen LogP contribution in [0, 0.1) is 5.82 Å². The van der Waals surface area contributed by atoms with Gasteiger partial charge in [-0.2, -0.15) is 0 Å². The second-order valence-electron chi connectivity index (χ2n) is 8.62. The molecule has 0 spiro atoms. The number of anilines is 2. The molecule has 0 radical (unpaired) electrons. The first-order valence-corrected chi connectivity index (χ1v) is 11.2. The van der Waals surface area contributed by atoms with Crippen LogP contribution in [0.25, 0.3) is 10.9 Å². The summed E-state index contributed by atoms with van der Waals surface area (Å²) in [5.41, 5.74) is 0.600. The molecule has 1 aromatic heterocycles. The first-order valence-electron chi connectivity index (χ1n) is 10.9. The van der Waals surface area contributed by atoms with E-state index in [4.69, 9.17) is 25.8 Å². The summed E-state index contributed by atoms with van der Waals surface area (Å²) in [4.78, 5) is 22.7. The van der Waals surface area contributed by atoms with Gasteiger partial charge < -0.3 is 19.5 Å². The number of aromatic nitrogens is 2. The van der Waals surface area contributed by atoms with Gasteiger partial charge in [-0.25, -0.2) is 14.4 Å². The Labute approximate surface area is 202 Å². The molecule has 1 N–H and O–H groups in total. The van der Waals surface area contributed by atoms with Crippen molar-refractivity contribution in [2.45, 2.75) is 39.0 Å². The van der Waals surface area contributed by atoms with E-state index in [9.17, 15) is 9.18 Å². The average molecular weight is 489 g/mol. The van der Waals surface area contributed by atoms with Crippen molar-refractivity contribution in [3.05, 3.63) is 47.5 Å². The van der Waals surface area contributed by atoms with Crippen LogP contribution in [0.3, 0.4) is 0 Å². The lowest BCUT2D eigenvalue weighted by atomic mass is 10.1. The van der Waals surface area contributed by atoms with Gasteiger partial charge in [-0.15, -0.1) is 0 Å². The molecule has 0 amide bonds. The number of ether oxygens (including phenoxy) is 3. The van der Waals surface area contributed by atoms with E-state index in [1.165, 1.54) is 18.5 Å². The zero-order valence-corrected chi connectivity index (χ0v) is 20.1. The van der Waals surface area contributed by atoms with Gasteiger partial charge in [0, 0.05) is 23.7 Å². The van der Waals surface area contributed by atoms with Crippen LogP contribution in [0.15, 0.2) is 36.7 Å². The highest BCUT2D eigenvalue weighted by Crippen LogP contribution is 2.36. The summed E-state index contributed by atoms with van der Waals surface area (Å²) in [7, 11) is 1.55. The van der Waals surface area contributed by atoms with Gasteiger partial charge in [0.05, 0.1) is 24.2 Å². The van der Waals surface area contributed by atoms with Gasteiger partial charge in [0.1, 0.15) is 23.6 Å². The number of carbonyl (C=O) groups is 1. The Hall–Kier alpha value is -3.17. The Morgan fingerprint density at radius 1 is 1.26 bits per heavy atom. The van der Waals surface area contributed by atoms with Crippen molar-refractivity contribution >= 4 is 40.0 Å². The maximum Gasteiger partial charge on any atom is 0.320 e. The highest BCUT2D eigenvalue weighted by Gasteiger charge is 2.36. The summed E-state index contributed by atoms with van der Waals surface area (Å²) in [6.07, 6.45) is 1.71. The molecule has 0 saturated carbocycles. The van der Waals surface area contributed by atoms with E-state index in [2.05, 4.69) is 15.3 Å².